The third kappa shape index (κ3) is 8.79. The number of hydrogen-bond donors (Lipinski definition) is 5. The third-order valence-electron chi connectivity index (χ3n) is 16.2. The summed E-state index contributed by atoms with van der Waals surface area (Å²) in [5.41, 5.74) is 4.23. The van der Waals surface area contributed by atoms with Gasteiger partial charge in [-0.05, 0) is 167 Å². The van der Waals surface area contributed by atoms with Crippen molar-refractivity contribution in [2.45, 2.75) is 151 Å². The van der Waals surface area contributed by atoms with Crippen LogP contribution in [-0.2, 0) is 16.0 Å². The third-order valence-corrected chi connectivity index (χ3v) is 16.2. The van der Waals surface area contributed by atoms with Crippen molar-refractivity contribution in [3.05, 3.63) is 82.0 Å². The molecular weight excluding hydrogens is 725 g/mol. The number of phenols is 2. The van der Waals surface area contributed by atoms with Gasteiger partial charge in [0.25, 0.3) is 0 Å². The molecule has 0 heterocycles. The van der Waals surface area contributed by atoms with Gasteiger partial charge in [0.2, 0.25) is 0 Å². The van der Waals surface area contributed by atoms with E-state index in [1.807, 2.05) is 19.1 Å². The number of hydrogen-bond acceptors (Lipinski definition) is 7. The highest BCUT2D eigenvalue weighted by Crippen LogP contribution is 2.71. The predicted molar refractivity (Wildman–Crippen MR) is 233 cm³/mol. The quantitative estimate of drug-likeness (QED) is 0.0601. The SMILES string of the molecule is C/C(=C\CC/C(C)=C/CC/C(=C/Cc1cc(O)ccc1O)C(=O)[C@@H](CC[C@@H](C)[C@H]1CC[C@@]2(C)C3=CC[C@H]4C(C)(C)C(=O)CC[C@]4(C)C3=CC[C@]12C)C(C)(O)CO)CO. The lowest BCUT2D eigenvalue weighted by Gasteiger charge is -2.59. The molecule has 2 saturated carbocycles. The average molecular weight is 799 g/mol. The molecule has 0 radical (unpaired) electrons. The highest BCUT2D eigenvalue weighted by Gasteiger charge is 2.63. The van der Waals surface area contributed by atoms with Gasteiger partial charge in [-0.2, -0.15) is 0 Å². The molecule has 1 aromatic rings. The summed E-state index contributed by atoms with van der Waals surface area (Å²) in [6.45, 7) is 19.0. The molecule has 5 rings (SSSR count). The maximum Gasteiger partial charge on any atom is 0.164 e. The monoisotopic (exact) mass is 799 g/mol. The fourth-order valence-electron chi connectivity index (χ4n) is 11.9. The second kappa shape index (κ2) is 17.8. The van der Waals surface area contributed by atoms with Crippen molar-refractivity contribution < 1.29 is 35.1 Å². The molecule has 320 valence electrons. The van der Waals surface area contributed by atoms with Crippen LogP contribution in [0.3, 0.4) is 0 Å². The van der Waals surface area contributed by atoms with E-state index in [1.165, 1.54) is 34.9 Å². The molecular formula is C51H74O7. The minimum atomic E-state index is -1.63. The maximum absolute atomic E-state index is 14.7. The van der Waals surface area contributed by atoms with Crippen molar-refractivity contribution in [1.29, 1.82) is 0 Å². The first kappa shape index (κ1) is 45.8. The van der Waals surface area contributed by atoms with Gasteiger partial charge in [-0.25, -0.2) is 0 Å². The van der Waals surface area contributed by atoms with Crippen molar-refractivity contribution in [3.8, 4) is 11.5 Å². The van der Waals surface area contributed by atoms with E-state index in [0.29, 0.717) is 54.4 Å². The molecule has 2 fully saturated rings. The zero-order chi connectivity index (χ0) is 42.8. The molecule has 7 nitrogen and oxygen atoms in total. The number of rotatable bonds is 17. The molecule has 4 aliphatic carbocycles. The smallest absolute Gasteiger partial charge is 0.164 e. The van der Waals surface area contributed by atoms with Crippen LogP contribution in [0.5, 0.6) is 11.5 Å². The van der Waals surface area contributed by atoms with E-state index in [9.17, 15) is 35.1 Å². The summed E-state index contributed by atoms with van der Waals surface area (Å²) in [4.78, 5) is 27.8. The van der Waals surface area contributed by atoms with Gasteiger partial charge in [0.15, 0.2) is 5.78 Å². The van der Waals surface area contributed by atoms with E-state index < -0.39 is 18.1 Å². The summed E-state index contributed by atoms with van der Waals surface area (Å²) in [5, 5.41) is 52.1. The zero-order valence-electron chi connectivity index (χ0n) is 37.1. The van der Waals surface area contributed by atoms with Gasteiger partial charge in [-0.15, -0.1) is 0 Å². The van der Waals surface area contributed by atoms with E-state index in [-0.39, 0.29) is 57.9 Å². The van der Waals surface area contributed by atoms with E-state index in [2.05, 4.69) is 66.7 Å². The molecule has 1 aromatic carbocycles. The molecule has 0 bridgehead atoms. The molecule has 5 N–H and O–H groups in total. The Balaban J connectivity index is 1.36. The first-order chi connectivity index (χ1) is 27.2. The minimum absolute atomic E-state index is 0.00484. The Morgan fingerprint density at radius 1 is 0.931 bits per heavy atom. The Hall–Kier alpha value is -3.26. The van der Waals surface area contributed by atoms with Crippen LogP contribution in [-0.4, -0.2) is 55.9 Å². The number of carbonyl (C=O) groups excluding carboxylic acids is 2. The van der Waals surface area contributed by atoms with Crippen molar-refractivity contribution in [1.82, 2.24) is 0 Å². The second-order valence-electron chi connectivity index (χ2n) is 20.3. The summed E-state index contributed by atoms with van der Waals surface area (Å²) >= 11 is 0. The number of Topliss-reactive ketones (excluding diaryl/α,β-unsaturated/α-hetero) is 2. The molecule has 0 aliphatic heterocycles. The minimum Gasteiger partial charge on any atom is -0.508 e. The van der Waals surface area contributed by atoms with Crippen LogP contribution in [0.25, 0.3) is 0 Å². The largest absolute Gasteiger partial charge is 0.508 e. The fourth-order valence-corrected chi connectivity index (χ4v) is 11.9. The normalized spacial score (nSPS) is 30.7. The lowest BCUT2D eigenvalue weighted by atomic mass is 9.44. The summed E-state index contributed by atoms with van der Waals surface area (Å²) in [6, 6.07) is 4.37. The van der Waals surface area contributed by atoms with Crippen molar-refractivity contribution >= 4 is 11.6 Å². The number of benzene rings is 1. The van der Waals surface area contributed by atoms with Gasteiger partial charge >= 0.3 is 0 Å². The highest BCUT2D eigenvalue weighted by atomic mass is 16.3. The molecule has 7 heteroatoms. The predicted octanol–water partition coefficient (Wildman–Crippen LogP) is 10.5. The number of ketones is 2. The average Bonchev–Trinajstić information content (AvgIpc) is 3.46. The lowest BCUT2D eigenvalue weighted by molar-refractivity contribution is -0.138. The number of fused-ring (bicyclic) bond motifs is 5. The van der Waals surface area contributed by atoms with E-state index in [1.54, 1.807) is 6.92 Å². The van der Waals surface area contributed by atoms with Gasteiger partial charge in [0.1, 0.15) is 17.3 Å². The first-order valence-corrected chi connectivity index (χ1v) is 22.1. The van der Waals surface area contributed by atoms with Crippen LogP contribution in [0, 0.1) is 45.3 Å². The van der Waals surface area contributed by atoms with Crippen LogP contribution in [0.4, 0.5) is 0 Å². The summed E-state index contributed by atoms with van der Waals surface area (Å²) in [7, 11) is 0. The van der Waals surface area contributed by atoms with E-state index in [4.69, 9.17) is 0 Å². The van der Waals surface area contributed by atoms with Gasteiger partial charge in [-0.1, -0.05) is 83.1 Å². The molecule has 1 unspecified atom stereocenters. The highest BCUT2D eigenvalue weighted by molar-refractivity contribution is 5.98. The molecule has 8 atom stereocenters. The number of phenolic OH excluding ortho intramolecular Hbond substituents is 2. The number of aliphatic hydroxyl groups is 3. The maximum atomic E-state index is 14.7. The number of allylic oxidation sites excluding steroid dienone is 9. The Morgan fingerprint density at radius 3 is 2.31 bits per heavy atom. The Bertz CT molecular complexity index is 1860. The standard InChI is InChI=1S/C51H74O7/c1-33(12-10-14-34(2)31-52)13-11-15-36(17-18-37-30-38(54)19-22-43(37)55)46(57)42(51(9,58)32-53)20-16-35(3)39-24-28-50(8)41-21-23-44-47(4,5)45(56)26-27-48(44,6)40(41)25-29-49(39,50)7/h13-14,17,19,21-22,25,30,35,39,42,44,52-55,58H,10-12,15-16,18,20,23-24,26-29,31-32H2,1-9H3/b33-13+,34-14+,36-17-/t35-,39-,42-,44+,48-,49-,50+,51?/m1/s1. The molecule has 0 saturated heterocycles. The van der Waals surface area contributed by atoms with Crippen molar-refractivity contribution in [2.75, 3.05) is 13.2 Å². The Morgan fingerprint density at radius 2 is 1.62 bits per heavy atom. The molecule has 0 spiro atoms. The number of aromatic hydroxyl groups is 2. The van der Waals surface area contributed by atoms with Crippen LogP contribution in [0.15, 0.2) is 76.4 Å². The zero-order valence-corrected chi connectivity index (χ0v) is 37.1. The number of carbonyl (C=O) groups is 2. The van der Waals surface area contributed by atoms with Gasteiger partial charge < -0.3 is 25.5 Å². The molecule has 0 aromatic heterocycles. The summed E-state index contributed by atoms with van der Waals surface area (Å²) in [5.74, 6) is 0.442. The number of aliphatic hydroxyl groups excluding tert-OH is 2. The molecule has 58 heavy (non-hydrogen) atoms. The lowest BCUT2D eigenvalue weighted by Crippen LogP contribution is -2.53. The van der Waals surface area contributed by atoms with Crippen molar-refractivity contribution in [2.24, 2.45) is 45.3 Å². The Labute approximate surface area is 349 Å². The van der Waals surface area contributed by atoms with Crippen LogP contribution in [0.2, 0.25) is 0 Å². The van der Waals surface area contributed by atoms with Gasteiger partial charge in [0.05, 0.1) is 24.7 Å². The van der Waals surface area contributed by atoms with E-state index >= 15 is 0 Å². The van der Waals surface area contributed by atoms with Gasteiger partial charge in [0, 0.05) is 17.4 Å². The topological polar surface area (TPSA) is 135 Å². The van der Waals surface area contributed by atoms with Crippen LogP contribution >= 0.6 is 0 Å². The summed E-state index contributed by atoms with van der Waals surface area (Å²) < 4.78 is 0. The first-order valence-electron chi connectivity index (χ1n) is 22.1. The van der Waals surface area contributed by atoms with Crippen LogP contribution < -0.4 is 0 Å². The van der Waals surface area contributed by atoms with Crippen molar-refractivity contribution in [3.63, 3.8) is 0 Å². The van der Waals surface area contributed by atoms with E-state index in [0.717, 1.165) is 56.9 Å². The second-order valence-corrected chi connectivity index (χ2v) is 20.3. The fraction of sp³-hybridized carbons (Fsp3) is 0.647. The Kier molecular flexibility index (Phi) is 14.0. The molecule has 0 amide bonds. The van der Waals surface area contributed by atoms with Crippen LogP contribution in [0.1, 0.15) is 145 Å². The summed E-state index contributed by atoms with van der Waals surface area (Å²) in [6.07, 6.45) is 20.8. The van der Waals surface area contributed by atoms with Gasteiger partial charge in [-0.3, -0.25) is 9.59 Å². The molecule has 4 aliphatic rings.